The quantitative estimate of drug-likeness (QED) is 0.584. The molecule has 0 bridgehead atoms. The Labute approximate surface area is 115 Å². The summed E-state index contributed by atoms with van der Waals surface area (Å²) < 4.78 is 10.4. The molecule has 20 heavy (non-hydrogen) atoms. The van der Waals surface area contributed by atoms with Gasteiger partial charge in [-0.1, -0.05) is 6.07 Å². The van der Waals surface area contributed by atoms with Gasteiger partial charge in [0.2, 0.25) is 0 Å². The van der Waals surface area contributed by atoms with Crippen LogP contribution in [-0.4, -0.2) is 18.1 Å². The van der Waals surface area contributed by atoms with E-state index in [2.05, 4.69) is 4.98 Å². The second-order valence-corrected chi connectivity index (χ2v) is 4.31. The van der Waals surface area contributed by atoms with E-state index in [1.165, 1.54) is 0 Å². The summed E-state index contributed by atoms with van der Waals surface area (Å²) in [7, 11) is 1.59. The molecule has 0 amide bonds. The van der Waals surface area contributed by atoms with Crippen molar-refractivity contribution in [1.82, 2.24) is 4.98 Å². The molecule has 1 aromatic heterocycles. The fraction of sp³-hybridized carbons (Fsp3) is 0.0625. The number of aromatic nitrogens is 1. The number of rotatable bonds is 3. The Balaban J connectivity index is 1.87. The van der Waals surface area contributed by atoms with Crippen LogP contribution in [0.2, 0.25) is 0 Å². The summed E-state index contributed by atoms with van der Waals surface area (Å²) in [5.41, 5.74) is 1.45. The van der Waals surface area contributed by atoms with E-state index in [1.54, 1.807) is 43.6 Å². The molecule has 0 fully saturated rings. The van der Waals surface area contributed by atoms with Gasteiger partial charge in [0.05, 0.1) is 12.7 Å². The molecule has 0 radical (unpaired) electrons. The number of aromatic amines is 1. The molecule has 0 aliphatic rings. The minimum Gasteiger partial charge on any atom is -0.497 e. The Morgan fingerprint density at radius 3 is 2.50 bits per heavy atom. The average Bonchev–Trinajstić information content (AvgIpc) is 2.96. The van der Waals surface area contributed by atoms with E-state index in [9.17, 15) is 4.79 Å². The molecule has 0 atom stereocenters. The zero-order chi connectivity index (χ0) is 13.9. The topological polar surface area (TPSA) is 51.3 Å². The molecule has 3 rings (SSSR count). The minimum atomic E-state index is -0.375. The van der Waals surface area contributed by atoms with Crippen LogP contribution >= 0.6 is 0 Å². The number of hydrogen-bond acceptors (Lipinski definition) is 3. The summed E-state index contributed by atoms with van der Waals surface area (Å²) in [6, 6.07) is 14.3. The second-order valence-electron chi connectivity index (χ2n) is 4.31. The highest BCUT2D eigenvalue weighted by atomic mass is 16.5. The zero-order valence-corrected chi connectivity index (χ0v) is 10.9. The molecule has 0 spiro atoms. The van der Waals surface area contributed by atoms with Crippen molar-refractivity contribution >= 4 is 16.9 Å². The van der Waals surface area contributed by atoms with Crippen LogP contribution in [0.25, 0.3) is 10.9 Å². The second kappa shape index (κ2) is 5.09. The maximum Gasteiger partial charge on any atom is 0.344 e. The van der Waals surface area contributed by atoms with Crippen molar-refractivity contribution in [2.45, 2.75) is 0 Å². The van der Waals surface area contributed by atoms with Crippen LogP contribution in [0.4, 0.5) is 0 Å². The SMILES string of the molecule is COc1ccc(OC(=O)c2cccc3[nH]ccc23)cc1. The highest BCUT2D eigenvalue weighted by molar-refractivity contribution is 6.04. The van der Waals surface area contributed by atoms with Gasteiger partial charge in [-0.2, -0.15) is 0 Å². The fourth-order valence-electron chi connectivity index (χ4n) is 2.07. The summed E-state index contributed by atoms with van der Waals surface area (Å²) in [5, 5.41) is 0.853. The maximum absolute atomic E-state index is 12.2. The number of fused-ring (bicyclic) bond motifs is 1. The zero-order valence-electron chi connectivity index (χ0n) is 10.9. The Morgan fingerprint density at radius 2 is 1.75 bits per heavy atom. The summed E-state index contributed by atoms with van der Waals surface area (Å²) in [4.78, 5) is 15.3. The van der Waals surface area contributed by atoms with Crippen molar-refractivity contribution in [3.63, 3.8) is 0 Å². The number of carbonyl (C=O) groups is 1. The van der Waals surface area contributed by atoms with E-state index < -0.39 is 0 Å². The van der Waals surface area contributed by atoms with Crippen LogP contribution in [0, 0.1) is 0 Å². The van der Waals surface area contributed by atoms with Crippen molar-refractivity contribution in [2.24, 2.45) is 0 Å². The van der Waals surface area contributed by atoms with Crippen LogP contribution in [0.15, 0.2) is 54.7 Å². The lowest BCUT2D eigenvalue weighted by molar-refractivity contribution is 0.0736. The van der Waals surface area contributed by atoms with E-state index in [-0.39, 0.29) is 5.97 Å². The number of benzene rings is 2. The van der Waals surface area contributed by atoms with Crippen molar-refractivity contribution in [1.29, 1.82) is 0 Å². The highest BCUT2D eigenvalue weighted by Gasteiger charge is 2.12. The molecule has 0 aliphatic carbocycles. The van der Waals surface area contributed by atoms with Gasteiger partial charge in [-0.15, -0.1) is 0 Å². The van der Waals surface area contributed by atoms with Gasteiger partial charge in [-0.25, -0.2) is 4.79 Å². The van der Waals surface area contributed by atoms with Crippen LogP contribution in [0.5, 0.6) is 11.5 Å². The number of carbonyl (C=O) groups excluding carboxylic acids is 1. The van der Waals surface area contributed by atoms with E-state index in [1.807, 2.05) is 18.2 Å². The summed E-state index contributed by atoms with van der Waals surface area (Å²) in [6.07, 6.45) is 1.80. The maximum atomic E-state index is 12.2. The minimum absolute atomic E-state index is 0.375. The molecule has 0 unspecified atom stereocenters. The van der Waals surface area contributed by atoms with E-state index in [4.69, 9.17) is 9.47 Å². The van der Waals surface area contributed by atoms with Crippen molar-refractivity contribution in [3.05, 3.63) is 60.3 Å². The fourth-order valence-corrected chi connectivity index (χ4v) is 2.07. The number of hydrogen-bond donors (Lipinski definition) is 1. The monoisotopic (exact) mass is 267 g/mol. The Bertz CT molecular complexity index is 744. The summed E-state index contributed by atoms with van der Waals surface area (Å²) >= 11 is 0. The predicted octanol–water partition coefficient (Wildman–Crippen LogP) is 3.40. The van der Waals surface area contributed by atoms with E-state index in [0.717, 1.165) is 16.7 Å². The number of esters is 1. The molecule has 4 heteroatoms. The molecular weight excluding hydrogens is 254 g/mol. The largest absolute Gasteiger partial charge is 0.497 e. The lowest BCUT2D eigenvalue weighted by Gasteiger charge is -2.06. The molecule has 1 N–H and O–H groups in total. The third-order valence-electron chi connectivity index (χ3n) is 3.08. The molecule has 3 aromatic rings. The Morgan fingerprint density at radius 1 is 1.00 bits per heavy atom. The molecule has 100 valence electrons. The van der Waals surface area contributed by atoms with E-state index in [0.29, 0.717) is 11.3 Å². The highest BCUT2D eigenvalue weighted by Crippen LogP contribution is 2.21. The number of methoxy groups -OCH3 is 1. The van der Waals surface area contributed by atoms with Gasteiger partial charge in [0.1, 0.15) is 11.5 Å². The van der Waals surface area contributed by atoms with Crippen LogP contribution in [-0.2, 0) is 0 Å². The first kappa shape index (κ1) is 12.3. The van der Waals surface area contributed by atoms with Crippen LogP contribution < -0.4 is 9.47 Å². The van der Waals surface area contributed by atoms with Gasteiger partial charge in [0, 0.05) is 17.1 Å². The molecule has 2 aromatic carbocycles. The third-order valence-corrected chi connectivity index (χ3v) is 3.08. The van der Waals surface area contributed by atoms with E-state index >= 15 is 0 Å². The standard InChI is InChI=1S/C16H13NO3/c1-19-11-5-7-12(8-6-11)20-16(18)14-3-2-4-15-13(14)9-10-17-15/h2-10,17H,1H3. The van der Waals surface area contributed by atoms with Gasteiger partial charge in [0.15, 0.2) is 0 Å². The lowest BCUT2D eigenvalue weighted by Crippen LogP contribution is -2.08. The summed E-state index contributed by atoms with van der Waals surface area (Å²) in [6.45, 7) is 0. The Hall–Kier alpha value is -2.75. The van der Waals surface area contributed by atoms with Crippen LogP contribution in [0.1, 0.15) is 10.4 Å². The normalized spacial score (nSPS) is 10.4. The van der Waals surface area contributed by atoms with Gasteiger partial charge < -0.3 is 14.5 Å². The van der Waals surface area contributed by atoms with Gasteiger partial charge in [-0.05, 0) is 42.5 Å². The first-order valence-electron chi connectivity index (χ1n) is 6.20. The van der Waals surface area contributed by atoms with Crippen molar-refractivity contribution < 1.29 is 14.3 Å². The molecule has 1 heterocycles. The lowest BCUT2D eigenvalue weighted by atomic mass is 10.1. The molecule has 4 nitrogen and oxygen atoms in total. The third kappa shape index (κ3) is 2.23. The van der Waals surface area contributed by atoms with Gasteiger partial charge in [0.25, 0.3) is 0 Å². The first-order valence-corrected chi connectivity index (χ1v) is 6.20. The number of ether oxygens (including phenoxy) is 2. The first-order chi connectivity index (χ1) is 9.78. The van der Waals surface area contributed by atoms with Gasteiger partial charge >= 0.3 is 5.97 Å². The van der Waals surface area contributed by atoms with Crippen molar-refractivity contribution in [2.75, 3.05) is 7.11 Å². The molecule has 0 saturated carbocycles. The number of nitrogens with one attached hydrogen (secondary N) is 1. The van der Waals surface area contributed by atoms with Gasteiger partial charge in [-0.3, -0.25) is 0 Å². The molecular formula is C16H13NO3. The summed E-state index contributed by atoms with van der Waals surface area (Å²) in [5.74, 6) is 0.834. The number of H-pyrrole nitrogens is 1. The smallest absolute Gasteiger partial charge is 0.344 e. The average molecular weight is 267 g/mol. The van der Waals surface area contributed by atoms with Crippen molar-refractivity contribution in [3.8, 4) is 11.5 Å². The molecule has 0 saturated heterocycles. The predicted molar refractivity (Wildman–Crippen MR) is 76.3 cm³/mol. The molecule has 0 aliphatic heterocycles. The Kier molecular flexibility index (Phi) is 3.13. The van der Waals surface area contributed by atoms with Crippen LogP contribution in [0.3, 0.4) is 0 Å².